The van der Waals surface area contributed by atoms with Gasteiger partial charge in [0.15, 0.2) is 11.5 Å². The third-order valence-electron chi connectivity index (χ3n) is 2.90. The van der Waals surface area contributed by atoms with Crippen LogP contribution in [-0.2, 0) is 9.53 Å². The van der Waals surface area contributed by atoms with Gasteiger partial charge in [-0.3, -0.25) is 0 Å². The normalized spacial score (nSPS) is 14.5. The van der Waals surface area contributed by atoms with Gasteiger partial charge in [-0.2, -0.15) is 0 Å². The fourth-order valence-electron chi connectivity index (χ4n) is 1.90. The molecule has 0 saturated heterocycles. The second-order valence-electron chi connectivity index (χ2n) is 4.87. The van der Waals surface area contributed by atoms with Gasteiger partial charge in [0.2, 0.25) is 6.79 Å². The Balaban J connectivity index is 2.19. The van der Waals surface area contributed by atoms with Gasteiger partial charge in [-0.25, -0.2) is 4.79 Å². The standard InChI is InChI=1S/C14H19NO4/c1-9(2)7-15-13(14(16)17-3)10-4-5-11-12(6-10)19-8-18-11/h4-6,9,13,15H,7-8H2,1-3H3. The third kappa shape index (κ3) is 3.17. The number of carbonyl (C=O) groups excluding carboxylic acids is 1. The molecule has 104 valence electrons. The number of nitrogens with one attached hydrogen (secondary N) is 1. The molecule has 1 aromatic carbocycles. The molecule has 0 fully saturated rings. The van der Waals surface area contributed by atoms with Crippen molar-refractivity contribution in [3.8, 4) is 11.5 Å². The second-order valence-corrected chi connectivity index (χ2v) is 4.87. The van der Waals surface area contributed by atoms with Crippen molar-refractivity contribution in [1.82, 2.24) is 5.32 Å². The largest absolute Gasteiger partial charge is 0.468 e. The topological polar surface area (TPSA) is 56.8 Å². The molecule has 5 heteroatoms. The Morgan fingerprint density at radius 3 is 2.79 bits per heavy atom. The van der Waals surface area contributed by atoms with Crippen molar-refractivity contribution < 1.29 is 19.0 Å². The van der Waals surface area contributed by atoms with Crippen molar-refractivity contribution in [2.75, 3.05) is 20.4 Å². The molecule has 19 heavy (non-hydrogen) atoms. The maximum Gasteiger partial charge on any atom is 0.327 e. The molecule has 0 saturated carbocycles. The maximum absolute atomic E-state index is 11.9. The van der Waals surface area contributed by atoms with Crippen molar-refractivity contribution in [1.29, 1.82) is 0 Å². The van der Waals surface area contributed by atoms with Gasteiger partial charge in [0.1, 0.15) is 6.04 Å². The minimum absolute atomic E-state index is 0.223. The Bertz CT molecular complexity index is 459. The monoisotopic (exact) mass is 265 g/mol. The van der Waals surface area contributed by atoms with Gasteiger partial charge in [0.05, 0.1) is 7.11 Å². The summed E-state index contributed by atoms with van der Waals surface area (Å²) in [6.45, 7) is 5.12. The number of hydrogen-bond donors (Lipinski definition) is 1. The Morgan fingerprint density at radius 1 is 1.37 bits per heavy atom. The maximum atomic E-state index is 11.9. The van der Waals surface area contributed by atoms with Crippen LogP contribution >= 0.6 is 0 Å². The molecule has 5 nitrogen and oxygen atoms in total. The molecular formula is C14H19NO4. The van der Waals surface area contributed by atoms with Crippen molar-refractivity contribution in [2.24, 2.45) is 5.92 Å². The van der Waals surface area contributed by atoms with Crippen molar-refractivity contribution in [3.63, 3.8) is 0 Å². The molecule has 1 aromatic rings. The number of methoxy groups -OCH3 is 1. The van der Waals surface area contributed by atoms with Crippen LogP contribution in [0, 0.1) is 5.92 Å². The summed E-state index contributed by atoms with van der Waals surface area (Å²) in [5.41, 5.74) is 0.816. The first-order chi connectivity index (χ1) is 9.11. The average Bonchev–Trinajstić information content (AvgIpc) is 2.85. The third-order valence-corrected chi connectivity index (χ3v) is 2.90. The minimum Gasteiger partial charge on any atom is -0.468 e. The summed E-state index contributed by atoms with van der Waals surface area (Å²) < 4.78 is 15.4. The van der Waals surface area contributed by atoms with Gasteiger partial charge in [-0.15, -0.1) is 0 Å². The van der Waals surface area contributed by atoms with Crippen LogP contribution in [0.3, 0.4) is 0 Å². The molecule has 0 amide bonds. The Hall–Kier alpha value is -1.75. The highest BCUT2D eigenvalue weighted by atomic mass is 16.7. The van der Waals surface area contributed by atoms with E-state index in [2.05, 4.69) is 19.2 Å². The highest BCUT2D eigenvalue weighted by molar-refractivity contribution is 5.78. The molecule has 0 aromatic heterocycles. The SMILES string of the molecule is COC(=O)C(NCC(C)C)c1ccc2c(c1)OCO2. The molecule has 1 N–H and O–H groups in total. The molecule has 0 spiro atoms. The van der Waals surface area contributed by atoms with Crippen LogP contribution in [0.1, 0.15) is 25.5 Å². The van der Waals surface area contributed by atoms with Crippen LogP contribution in [0.25, 0.3) is 0 Å². The number of ether oxygens (including phenoxy) is 3. The molecule has 2 rings (SSSR count). The number of benzene rings is 1. The smallest absolute Gasteiger partial charge is 0.327 e. The number of esters is 1. The van der Waals surface area contributed by atoms with Gasteiger partial charge in [-0.1, -0.05) is 19.9 Å². The zero-order chi connectivity index (χ0) is 13.8. The van der Waals surface area contributed by atoms with E-state index in [1.54, 1.807) is 0 Å². The van der Waals surface area contributed by atoms with Crippen LogP contribution < -0.4 is 14.8 Å². The van der Waals surface area contributed by atoms with E-state index in [1.807, 2.05) is 18.2 Å². The quantitative estimate of drug-likeness (QED) is 0.824. The van der Waals surface area contributed by atoms with Gasteiger partial charge < -0.3 is 19.5 Å². The number of fused-ring (bicyclic) bond motifs is 1. The van der Waals surface area contributed by atoms with E-state index in [-0.39, 0.29) is 12.8 Å². The van der Waals surface area contributed by atoms with Crippen molar-refractivity contribution >= 4 is 5.97 Å². The van der Waals surface area contributed by atoms with Gasteiger partial charge >= 0.3 is 5.97 Å². The van der Waals surface area contributed by atoms with Crippen LogP contribution in [0.5, 0.6) is 11.5 Å². The molecule has 0 bridgehead atoms. The second kappa shape index (κ2) is 5.93. The molecule has 0 aliphatic carbocycles. The summed E-state index contributed by atoms with van der Waals surface area (Å²) in [6.07, 6.45) is 0. The minimum atomic E-state index is -0.484. The average molecular weight is 265 g/mol. The lowest BCUT2D eigenvalue weighted by Crippen LogP contribution is -2.32. The lowest BCUT2D eigenvalue weighted by Gasteiger charge is -2.18. The Morgan fingerprint density at radius 2 is 2.11 bits per heavy atom. The van der Waals surface area contributed by atoms with E-state index in [0.29, 0.717) is 17.4 Å². The summed E-state index contributed by atoms with van der Waals surface area (Å²) in [5.74, 6) is 1.51. The first-order valence-corrected chi connectivity index (χ1v) is 6.32. The zero-order valence-electron chi connectivity index (χ0n) is 11.4. The van der Waals surface area contributed by atoms with E-state index < -0.39 is 6.04 Å². The highest BCUT2D eigenvalue weighted by Gasteiger charge is 2.24. The van der Waals surface area contributed by atoms with Crippen LogP contribution in [0.2, 0.25) is 0 Å². The first kappa shape index (κ1) is 13.7. The summed E-state index contributed by atoms with van der Waals surface area (Å²) in [5, 5.41) is 3.21. The molecule has 1 unspecified atom stereocenters. The van der Waals surface area contributed by atoms with Crippen LogP contribution in [-0.4, -0.2) is 26.4 Å². The summed E-state index contributed by atoms with van der Waals surface area (Å²) >= 11 is 0. The van der Waals surface area contributed by atoms with Crippen molar-refractivity contribution in [3.05, 3.63) is 23.8 Å². The van der Waals surface area contributed by atoms with E-state index in [1.165, 1.54) is 7.11 Å². The predicted octanol–water partition coefficient (Wildman–Crippen LogP) is 1.88. The number of hydrogen-bond acceptors (Lipinski definition) is 5. The van der Waals surface area contributed by atoms with Gasteiger partial charge in [0.25, 0.3) is 0 Å². The summed E-state index contributed by atoms with van der Waals surface area (Å²) in [6, 6.07) is 4.99. The van der Waals surface area contributed by atoms with E-state index >= 15 is 0 Å². The van der Waals surface area contributed by atoms with E-state index in [4.69, 9.17) is 14.2 Å². The molecule has 1 atom stereocenters. The fraction of sp³-hybridized carbons (Fsp3) is 0.500. The molecule has 1 heterocycles. The van der Waals surface area contributed by atoms with Gasteiger partial charge in [0, 0.05) is 0 Å². The molecule has 1 aliphatic heterocycles. The van der Waals surface area contributed by atoms with Crippen LogP contribution in [0.15, 0.2) is 18.2 Å². The number of rotatable bonds is 5. The molecule has 1 aliphatic rings. The van der Waals surface area contributed by atoms with Crippen molar-refractivity contribution in [2.45, 2.75) is 19.9 Å². The van der Waals surface area contributed by atoms with Gasteiger partial charge in [-0.05, 0) is 30.2 Å². The zero-order valence-corrected chi connectivity index (χ0v) is 11.4. The predicted molar refractivity (Wildman–Crippen MR) is 70.2 cm³/mol. The van der Waals surface area contributed by atoms with E-state index in [9.17, 15) is 4.79 Å². The Kier molecular flexibility index (Phi) is 4.27. The molecular weight excluding hydrogens is 246 g/mol. The lowest BCUT2D eigenvalue weighted by molar-refractivity contribution is -0.143. The lowest BCUT2D eigenvalue weighted by atomic mass is 10.1. The van der Waals surface area contributed by atoms with E-state index in [0.717, 1.165) is 12.1 Å². The summed E-state index contributed by atoms with van der Waals surface area (Å²) in [7, 11) is 1.39. The van der Waals surface area contributed by atoms with Crippen LogP contribution in [0.4, 0.5) is 0 Å². The molecule has 0 radical (unpaired) electrons. The summed E-state index contributed by atoms with van der Waals surface area (Å²) in [4.78, 5) is 11.9. The highest BCUT2D eigenvalue weighted by Crippen LogP contribution is 2.34. The fourth-order valence-corrected chi connectivity index (χ4v) is 1.90. The Labute approximate surface area is 112 Å². The number of carbonyl (C=O) groups is 1. The first-order valence-electron chi connectivity index (χ1n) is 6.32.